The second-order valence-corrected chi connectivity index (χ2v) is 8.02. The van der Waals surface area contributed by atoms with Gasteiger partial charge in [-0.05, 0) is 24.6 Å². The van der Waals surface area contributed by atoms with Crippen LogP contribution in [0.3, 0.4) is 0 Å². The van der Waals surface area contributed by atoms with Gasteiger partial charge in [-0.2, -0.15) is 13.2 Å². The zero-order chi connectivity index (χ0) is 25.2. The van der Waals surface area contributed by atoms with Crippen LogP contribution in [0.2, 0.25) is 0 Å². The normalized spacial score (nSPS) is 17.3. The van der Waals surface area contributed by atoms with Crippen molar-refractivity contribution in [2.45, 2.75) is 31.6 Å². The van der Waals surface area contributed by atoms with Crippen LogP contribution in [0.5, 0.6) is 0 Å². The lowest BCUT2D eigenvalue weighted by Crippen LogP contribution is -2.36. The molecule has 2 aromatic heterocycles. The lowest BCUT2D eigenvalue weighted by Gasteiger charge is -2.24. The third-order valence-electron chi connectivity index (χ3n) is 5.75. The summed E-state index contributed by atoms with van der Waals surface area (Å²) in [5.74, 6) is -0.582. The molecule has 0 spiro atoms. The van der Waals surface area contributed by atoms with Crippen molar-refractivity contribution in [1.82, 2.24) is 24.8 Å². The highest BCUT2D eigenvalue weighted by molar-refractivity contribution is 5.92. The molecule has 3 aromatic rings. The number of methoxy groups -OCH3 is 1. The van der Waals surface area contributed by atoms with Crippen molar-refractivity contribution in [3.63, 3.8) is 0 Å². The van der Waals surface area contributed by atoms with Gasteiger partial charge in [-0.3, -0.25) is 9.78 Å². The molecule has 3 heterocycles. The predicted molar refractivity (Wildman–Crippen MR) is 113 cm³/mol. The number of fused-ring (bicyclic) bond motifs is 1. The molecule has 188 valence electrons. The number of alkyl halides is 5. The Morgan fingerprint density at radius 3 is 2.69 bits per heavy atom. The third kappa shape index (κ3) is 5.40. The average molecular weight is 499 g/mol. The molecule has 1 amide bonds. The number of ether oxygens (including phenoxy) is 2. The van der Waals surface area contributed by atoms with Crippen molar-refractivity contribution in [3.8, 4) is 0 Å². The molecule has 13 heteroatoms. The van der Waals surface area contributed by atoms with Gasteiger partial charge in [0, 0.05) is 26.2 Å². The molecule has 4 rings (SSSR count). The maximum atomic E-state index is 13.3. The molecule has 1 aliphatic rings. The number of amides is 1. The van der Waals surface area contributed by atoms with Crippen LogP contribution in [0.4, 0.5) is 22.0 Å². The topological polar surface area (TPSA) is 91.2 Å². The minimum absolute atomic E-state index is 0.116. The quantitative estimate of drug-likeness (QED) is 0.473. The number of halogens is 5. The molecular formula is C22H22F5N5O3. The monoisotopic (exact) mass is 499 g/mol. The second kappa shape index (κ2) is 10.2. The van der Waals surface area contributed by atoms with E-state index in [1.807, 2.05) is 0 Å². The molecule has 1 saturated heterocycles. The van der Waals surface area contributed by atoms with E-state index >= 15 is 0 Å². The van der Waals surface area contributed by atoms with Crippen molar-refractivity contribution in [2.75, 3.05) is 26.9 Å². The average Bonchev–Trinajstić information content (AvgIpc) is 3.48. The number of imidazole rings is 1. The van der Waals surface area contributed by atoms with E-state index in [4.69, 9.17) is 9.47 Å². The minimum Gasteiger partial charge on any atom is -0.383 e. The predicted octanol–water partition coefficient (Wildman–Crippen LogP) is 3.94. The maximum Gasteiger partial charge on any atom is 0.416 e. The standard InChI is InChI=1S/C22H22F5N5O3/c1-34-7-5-32-17-3-2-13(22(25,26)27)8-14(17)30-20(32)18(12-4-6-35-11-12)31-21(33)16-10-28-15(9-29-16)19(23)24/h2-3,8-10,12,18-19H,4-7,11H2,1H3,(H,31,33)/t12-,18+/m1/s1. The Balaban J connectivity index is 1.74. The first-order valence-electron chi connectivity index (χ1n) is 10.7. The van der Waals surface area contributed by atoms with Gasteiger partial charge in [0.1, 0.15) is 17.2 Å². The summed E-state index contributed by atoms with van der Waals surface area (Å²) in [6, 6.07) is 2.52. The fraction of sp³-hybridized carbons (Fsp3) is 0.455. The van der Waals surface area contributed by atoms with Crippen molar-refractivity contribution in [3.05, 3.63) is 53.4 Å². The molecule has 8 nitrogen and oxygen atoms in total. The van der Waals surface area contributed by atoms with Gasteiger partial charge in [0.25, 0.3) is 12.3 Å². The highest BCUT2D eigenvalue weighted by atomic mass is 19.4. The largest absolute Gasteiger partial charge is 0.416 e. The molecule has 0 bridgehead atoms. The van der Waals surface area contributed by atoms with E-state index < -0.39 is 35.8 Å². The van der Waals surface area contributed by atoms with Crippen molar-refractivity contribution in [1.29, 1.82) is 0 Å². The van der Waals surface area contributed by atoms with Gasteiger partial charge in [-0.15, -0.1) is 0 Å². The summed E-state index contributed by atoms with van der Waals surface area (Å²) in [4.78, 5) is 24.7. The Bertz CT molecular complexity index is 1180. The molecule has 2 atom stereocenters. The third-order valence-corrected chi connectivity index (χ3v) is 5.75. The molecule has 1 fully saturated rings. The molecule has 0 aliphatic carbocycles. The van der Waals surface area contributed by atoms with Crippen LogP contribution in [0.1, 0.15) is 46.5 Å². The Hall–Kier alpha value is -3.19. The van der Waals surface area contributed by atoms with E-state index in [0.29, 0.717) is 31.0 Å². The molecule has 0 radical (unpaired) electrons. The molecule has 0 unspecified atom stereocenters. The van der Waals surface area contributed by atoms with Crippen LogP contribution in [-0.2, 0) is 22.2 Å². The van der Waals surface area contributed by atoms with E-state index in [1.165, 1.54) is 13.2 Å². The van der Waals surface area contributed by atoms with Crippen LogP contribution in [-0.4, -0.2) is 52.4 Å². The van der Waals surface area contributed by atoms with Gasteiger partial charge in [0.15, 0.2) is 0 Å². The van der Waals surface area contributed by atoms with Crippen LogP contribution in [0.25, 0.3) is 11.0 Å². The summed E-state index contributed by atoms with van der Waals surface area (Å²) in [7, 11) is 1.49. The summed E-state index contributed by atoms with van der Waals surface area (Å²) in [5, 5.41) is 2.81. The highest BCUT2D eigenvalue weighted by Crippen LogP contribution is 2.34. The molecular weight excluding hydrogens is 477 g/mol. The number of aromatic nitrogens is 4. The summed E-state index contributed by atoms with van der Waals surface area (Å²) in [6.07, 6.45) is -5.03. The fourth-order valence-electron chi connectivity index (χ4n) is 3.97. The maximum absolute atomic E-state index is 13.3. The van der Waals surface area contributed by atoms with E-state index in [1.54, 1.807) is 4.57 Å². The summed E-state index contributed by atoms with van der Waals surface area (Å²) in [6.45, 7) is 1.26. The molecule has 0 saturated carbocycles. The first-order chi connectivity index (χ1) is 16.7. The van der Waals surface area contributed by atoms with Gasteiger partial charge in [-0.25, -0.2) is 18.7 Å². The first-order valence-corrected chi connectivity index (χ1v) is 10.7. The van der Waals surface area contributed by atoms with Crippen LogP contribution >= 0.6 is 0 Å². The Morgan fingerprint density at radius 1 is 1.29 bits per heavy atom. The number of nitrogens with zero attached hydrogens (tertiary/aromatic N) is 4. The smallest absolute Gasteiger partial charge is 0.383 e. The lowest BCUT2D eigenvalue weighted by molar-refractivity contribution is -0.137. The van der Waals surface area contributed by atoms with E-state index in [2.05, 4.69) is 20.3 Å². The Morgan fingerprint density at radius 2 is 2.09 bits per heavy atom. The first kappa shape index (κ1) is 24.9. The number of hydrogen-bond acceptors (Lipinski definition) is 6. The molecule has 1 N–H and O–H groups in total. The van der Waals surface area contributed by atoms with E-state index in [9.17, 15) is 26.7 Å². The van der Waals surface area contributed by atoms with E-state index in [0.717, 1.165) is 24.5 Å². The van der Waals surface area contributed by atoms with E-state index in [-0.39, 0.29) is 30.3 Å². The number of benzene rings is 1. The minimum atomic E-state index is -4.54. The molecule has 1 aromatic carbocycles. The van der Waals surface area contributed by atoms with Gasteiger partial charge >= 0.3 is 6.18 Å². The number of carbonyl (C=O) groups is 1. The molecule has 1 aliphatic heterocycles. The number of carbonyl (C=O) groups excluding carboxylic acids is 1. The van der Waals surface area contributed by atoms with Crippen LogP contribution < -0.4 is 5.32 Å². The number of rotatable bonds is 8. The summed E-state index contributed by atoms with van der Waals surface area (Å²) in [5.41, 5.74) is -1.03. The van der Waals surface area contributed by atoms with Crippen molar-refractivity contribution in [2.24, 2.45) is 5.92 Å². The highest BCUT2D eigenvalue weighted by Gasteiger charge is 2.35. The fourth-order valence-corrected chi connectivity index (χ4v) is 3.97. The van der Waals surface area contributed by atoms with Crippen LogP contribution in [0, 0.1) is 5.92 Å². The second-order valence-electron chi connectivity index (χ2n) is 8.02. The number of nitrogens with one attached hydrogen (secondary N) is 1. The van der Waals surface area contributed by atoms with Crippen molar-refractivity contribution >= 4 is 16.9 Å². The Labute approximate surface area is 196 Å². The van der Waals surface area contributed by atoms with Gasteiger partial charge in [-0.1, -0.05) is 0 Å². The van der Waals surface area contributed by atoms with Gasteiger partial charge in [0.2, 0.25) is 0 Å². The SMILES string of the molecule is COCCn1c([C@@H](NC(=O)c2cnc(C(F)F)cn2)[C@@H]2CCOC2)nc2cc(C(F)(F)F)ccc21. The van der Waals surface area contributed by atoms with Crippen molar-refractivity contribution < 1.29 is 36.2 Å². The summed E-state index contributed by atoms with van der Waals surface area (Å²) < 4.78 is 77.7. The molecule has 35 heavy (non-hydrogen) atoms. The number of hydrogen-bond donors (Lipinski definition) is 1. The zero-order valence-corrected chi connectivity index (χ0v) is 18.6. The zero-order valence-electron chi connectivity index (χ0n) is 18.6. The summed E-state index contributed by atoms with van der Waals surface area (Å²) >= 11 is 0. The van der Waals surface area contributed by atoms with Crippen LogP contribution in [0.15, 0.2) is 30.6 Å². The van der Waals surface area contributed by atoms with Gasteiger partial charge in [0.05, 0.1) is 48.2 Å². The Kier molecular flexibility index (Phi) is 7.26. The van der Waals surface area contributed by atoms with Gasteiger partial charge < -0.3 is 19.4 Å². The lowest BCUT2D eigenvalue weighted by atomic mass is 9.98.